The van der Waals surface area contributed by atoms with E-state index in [2.05, 4.69) is 15.6 Å². The Labute approximate surface area is 164 Å². The highest BCUT2D eigenvalue weighted by molar-refractivity contribution is 7.22. The number of thiazole rings is 1. The summed E-state index contributed by atoms with van der Waals surface area (Å²) in [6.07, 6.45) is 0. The fourth-order valence-electron chi connectivity index (χ4n) is 2.54. The van der Waals surface area contributed by atoms with Gasteiger partial charge in [-0.1, -0.05) is 47.7 Å². The van der Waals surface area contributed by atoms with Crippen molar-refractivity contribution in [3.05, 3.63) is 84.4 Å². The van der Waals surface area contributed by atoms with Crippen LogP contribution in [0.3, 0.4) is 0 Å². The summed E-state index contributed by atoms with van der Waals surface area (Å²) < 4.78 is 6.22. The number of carbonyl (C=O) groups is 2. The first-order valence-electron chi connectivity index (χ1n) is 8.48. The average molecular weight is 389 g/mol. The number of carbonyl (C=O) groups excluding carboxylic acids is 2. The fourth-order valence-corrected chi connectivity index (χ4v) is 3.43. The topological polar surface area (TPSA) is 80.3 Å². The van der Waals surface area contributed by atoms with E-state index < -0.39 is 5.97 Å². The zero-order valence-electron chi connectivity index (χ0n) is 14.6. The van der Waals surface area contributed by atoms with Gasteiger partial charge in [-0.05, 0) is 36.4 Å². The maximum atomic E-state index is 12.2. The molecule has 0 saturated heterocycles. The van der Waals surface area contributed by atoms with Gasteiger partial charge in [0.05, 0.1) is 15.8 Å². The van der Waals surface area contributed by atoms with E-state index in [0.29, 0.717) is 27.6 Å². The molecule has 0 spiro atoms. The maximum Gasteiger partial charge on any atom is 0.343 e. The molecule has 0 bridgehead atoms. The summed E-state index contributed by atoms with van der Waals surface area (Å²) in [4.78, 5) is 28.7. The first-order valence-corrected chi connectivity index (χ1v) is 9.30. The minimum absolute atomic E-state index is 0.374. The highest BCUT2D eigenvalue weighted by Crippen LogP contribution is 2.29. The van der Waals surface area contributed by atoms with Crippen LogP contribution in [0.5, 0.6) is 5.75 Å². The average Bonchev–Trinajstić information content (AvgIpc) is 3.10. The van der Waals surface area contributed by atoms with Gasteiger partial charge in [0.1, 0.15) is 5.75 Å². The number of urea groups is 1. The number of ether oxygens (including phenoxy) is 1. The third kappa shape index (κ3) is 4.16. The fraction of sp³-hybridized carbons (Fsp3) is 0. The van der Waals surface area contributed by atoms with E-state index in [1.54, 1.807) is 54.6 Å². The molecule has 2 amide bonds. The van der Waals surface area contributed by atoms with Crippen LogP contribution >= 0.6 is 11.3 Å². The number of para-hydroxylation sites is 1. The van der Waals surface area contributed by atoms with Crippen LogP contribution in [-0.2, 0) is 0 Å². The van der Waals surface area contributed by atoms with Crippen LogP contribution in [0.25, 0.3) is 10.2 Å². The van der Waals surface area contributed by atoms with Crippen LogP contribution in [0, 0.1) is 0 Å². The predicted octanol–water partition coefficient (Wildman–Crippen LogP) is 5.16. The normalized spacial score (nSPS) is 10.4. The van der Waals surface area contributed by atoms with Gasteiger partial charge >= 0.3 is 12.0 Å². The van der Waals surface area contributed by atoms with Gasteiger partial charge in [-0.2, -0.15) is 0 Å². The van der Waals surface area contributed by atoms with Crippen LogP contribution in [-0.4, -0.2) is 17.0 Å². The molecule has 7 heteroatoms. The van der Waals surface area contributed by atoms with Gasteiger partial charge in [-0.15, -0.1) is 0 Å². The van der Waals surface area contributed by atoms with Crippen molar-refractivity contribution in [3.8, 4) is 5.75 Å². The lowest BCUT2D eigenvalue weighted by Gasteiger charge is -2.04. The lowest BCUT2D eigenvalue weighted by Crippen LogP contribution is -2.19. The number of fused-ring (bicyclic) bond motifs is 1. The Kier molecular flexibility index (Phi) is 4.99. The second kappa shape index (κ2) is 7.89. The van der Waals surface area contributed by atoms with Crippen LogP contribution < -0.4 is 15.4 Å². The van der Waals surface area contributed by atoms with Crippen molar-refractivity contribution in [2.75, 3.05) is 10.6 Å². The number of esters is 1. The molecule has 2 N–H and O–H groups in total. The molecular formula is C21H15N3O3S. The van der Waals surface area contributed by atoms with Gasteiger partial charge in [0.15, 0.2) is 5.13 Å². The molecule has 0 aliphatic carbocycles. The number of rotatable bonds is 4. The smallest absolute Gasteiger partial charge is 0.343 e. The minimum atomic E-state index is -0.426. The Morgan fingerprint density at radius 1 is 0.857 bits per heavy atom. The number of aromatic nitrogens is 1. The van der Waals surface area contributed by atoms with E-state index in [1.165, 1.54) is 11.3 Å². The number of anilines is 2. The molecule has 28 heavy (non-hydrogen) atoms. The van der Waals surface area contributed by atoms with Gasteiger partial charge in [-0.3, -0.25) is 5.32 Å². The van der Waals surface area contributed by atoms with Gasteiger partial charge in [0, 0.05) is 11.8 Å². The van der Waals surface area contributed by atoms with Crippen molar-refractivity contribution in [2.45, 2.75) is 0 Å². The molecule has 1 heterocycles. The van der Waals surface area contributed by atoms with Gasteiger partial charge in [0.2, 0.25) is 0 Å². The monoisotopic (exact) mass is 389 g/mol. The molecular weight excluding hydrogens is 374 g/mol. The maximum absolute atomic E-state index is 12.2. The second-order valence-corrected chi connectivity index (χ2v) is 6.88. The summed E-state index contributed by atoms with van der Waals surface area (Å²) in [5.74, 6) is -0.00431. The molecule has 3 aromatic carbocycles. The third-order valence-electron chi connectivity index (χ3n) is 3.83. The predicted molar refractivity (Wildman–Crippen MR) is 110 cm³/mol. The number of hydrogen-bond donors (Lipinski definition) is 2. The zero-order valence-corrected chi connectivity index (χ0v) is 15.4. The first kappa shape index (κ1) is 17.7. The lowest BCUT2D eigenvalue weighted by atomic mass is 10.2. The van der Waals surface area contributed by atoms with Crippen LogP contribution in [0.4, 0.5) is 15.6 Å². The molecule has 0 aliphatic heterocycles. The van der Waals surface area contributed by atoms with E-state index in [9.17, 15) is 9.59 Å². The number of hydrogen-bond acceptors (Lipinski definition) is 5. The standard InChI is InChI=1S/C21H15N3O3S/c25-19(14-7-3-1-4-8-14)27-16-11-12-17-18(13-16)28-21(23-17)24-20(26)22-15-9-5-2-6-10-15/h1-13H,(H2,22,23,24,26). The number of nitrogens with zero attached hydrogens (tertiary/aromatic N) is 1. The number of nitrogens with one attached hydrogen (secondary N) is 2. The van der Waals surface area contributed by atoms with Gasteiger partial charge < -0.3 is 10.1 Å². The zero-order chi connectivity index (χ0) is 19.3. The summed E-state index contributed by atoms with van der Waals surface area (Å²) in [6, 6.07) is 22.7. The molecule has 0 unspecified atom stereocenters. The van der Waals surface area contributed by atoms with Crippen molar-refractivity contribution >= 4 is 44.4 Å². The Hall–Kier alpha value is -3.71. The van der Waals surface area contributed by atoms with E-state index in [4.69, 9.17) is 4.74 Å². The molecule has 0 aliphatic rings. The van der Waals surface area contributed by atoms with Crippen LogP contribution in [0.2, 0.25) is 0 Å². The van der Waals surface area contributed by atoms with Gasteiger partial charge in [0.25, 0.3) is 0 Å². The molecule has 0 fully saturated rings. The summed E-state index contributed by atoms with van der Waals surface area (Å²) in [6.45, 7) is 0. The molecule has 0 atom stereocenters. The third-order valence-corrected chi connectivity index (χ3v) is 4.77. The molecule has 4 aromatic rings. The summed E-state index contributed by atoms with van der Waals surface area (Å²) in [5, 5.41) is 5.91. The van der Waals surface area contributed by atoms with E-state index in [1.807, 2.05) is 24.3 Å². The molecule has 138 valence electrons. The van der Waals surface area contributed by atoms with E-state index >= 15 is 0 Å². The number of benzene rings is 3. The quantitative estimate of drug-likeness (QED) is 0.373. The highest BCUT2D eigenvalue weighted by Gasteiger charge is 2.11. The van der Waals surface area contributed by atoms with E-state index in [-0.39, 0.29) is 6.03 Å². The molecule has 4 rings (SSSR count). The summed E-state index contributed by atoms with van der Waals surface area (Å²) in [7, 11) is 0. The van der Waals surface area contributed by atoms with Crippen molar-refractivity contribution in [3.63, 3.8) is 0 Å². The van der Waals surface area contributed by atoms with E-state index in [0.717, 1.165) is 4.70 Å². The first-order chi connectivity index (χ1) is 13.7. The second-order valence-electron chi connectivity index (χ2n) is 5.85. The molecule has 0 radical (unpaired) electrons. The van der Waals surface area contributed by atoms with Gasteiger partial charge in [-0.25, -0.2) is 14.6 Å². The number of amides is 2. The van der Waals surface area contributed by atoms with Crippen molar-refractivity contribution in [2.24, 2.45) is 0 Å². The summed E-state index contributed by atoms with van der Waals surface area (Å²) in [5.41, 5.74) is 1.88. The van der Waals surface area contributed by atoms with Crippen LogP contribution in [0.15, 0.2) is 78.9 Å². The van der Waals surface area contributed by atoms with Crippen molar-refractivity contribution < 1.29 is 14.3 Å². The minimum Gasteiger partial charge on any atom is -0.423 e. The summed E-state index contributed by atoms with van der Waals surface area (Å²) >= 11 is 1.30. The highest BCUT2D eigenvalue weighted by atomic mass is 32.1. The van der Waals surface area contributed by atoms with Crippen molar-refractivity contribution in [1.82, 2.24) is 4.98 Å². The Bertz CT molecular complexity index is 1130. The largest absolute Gasteiger partial charge is 0.423 e. The van der Waals surface area contributed by atoms with Crippen LogP contribution in [0.1, 0.15) is 10.4 Å². The molecule has 1 aromatic heterocycles. The lowest BCUT2D eigenvalue weighted by molar-refractivity contribution is 0.0735. The molecule has 6 nitrogen and oxygen atoms in total. The Morgan fingerprint density at radius 2 is 1.57 bits per heavy atom. The van der Waals surface area contributed by atoms with Crippen molar-refractivity contribution in [1.29, 1.82) is 0 Å². The Morgan fingerprint density at radius 3 is 2.32 bits per heavy atom. The molecule has 0 saturated carbocycles. The SMILES string of the molecule is O=C(Nc1ccccc1)Nc1nc2ccc(OC(=O)c3ccccc3)cc2s1. The Balaban J connectivity index is 1.46.